The number of halogens is 1. The average Bonchev–Trinajstić information content (AvgIpc) is 0.799. The van der Waals surface area contributed by atoms with Crippen LogP contribution in [0, 0.1) is 0 Å². The molecule has 0 radical (unpaired) electrons. The fourth-order valence-corrected chi connectivity index (χ4v) is 8.12. The minimum absolute atomic E-state index is 0.00617. The van der Waals surface area contributed by atoms with Gasteiger partial charge in [0.15, 0.2) is 51.7 Å². The lowest BCUT2D eigenvalue weighted by Crippen LogP contribution is -2.17. The Balaban J connectivity index is 0.000000430. The number of aromatic carboxylic acids is 2. The quantitative estimate of drug-likeness (QED) is 0.00918. The second-order valence-electron chi connectivity index (χ2n) is 25.6. The fraction of sp³-hybridized carbons (Fsp3) is 0.114. The molecule has 628 valence electrons. The summed E-state index contributed by atoms with van der Waals surface area (Å²) in [6.07, 6.45) is 0. The van der Waals surface area contributed by atoms with E-state index in [1.807, 2.05) is 0 Å². The number of carboxylic acid groups (broad SMARTS) is 2. The Hall–Kier alpha value is -16.3. The summed E-state index contributed by atoms with van der Waals surface area (Å²) in [5, 5.41) is 64.8. The first-order chi connectivity index (χ1) is 56.3. The minimum atomic E-state index is -1.40. The largest absolute Gasteiger partial charge is 0.508 e. The Kier molecular flexibility index (Phi) is 34.9. The molecule has 0 aromatic heterocycles. The Bertz CT molecular complexity index is 5350. The van der Waals surface area contributed by atoms with E-state index in [1.165, 1.54) is 98.7 Å². The van der Waals surface area contributed by atoms with Crippen LogP contribution < -0.4 is 52.1 Å². The van der Waals surface area contributed by atoms with Gasteiger partial charge in [-0.1, -0.05) is 90.1 Å². The summed E-state index contributed by atoms with van der Waals surface area (Å²) in [5.74, 6) is -19.1. The van der Waals surface area contributed by atoms with Crippen LogP contribution in [-0.2, 0) is 47.9 Å². The molecule has 8 aromatic rings. The summed E-state index contributed by atoms with van der Waals surface area (Å²) in [6.45, 7) is 48.4. The minimum Gasteiger partial charge on any atom is -0.508 e. The van der Waals surface area contributed by atoms with Crippen molar-refractivity contribution in [1.29, 1.82) is 0 Å². The second-order valence-corrected chi connectivity index (χ2v) is 26.0. The third-order valence-electron chi connectivity index (χ3n) is 14.4. The van der Waals surface area contributed by atoms with E-state index in [-0.39, 0.29) is 95.4 Å². The molecule has 0 fully saturated rings. The van der Waals surface area contributed by atoms with Crippen LogP contribution in [0.1, 0.15) is 111 Å². The van der Waals surface area contributed by atoms with Crippen molar-refractivity contribution in [3.63, 3.8) is 0 Å². The van der Waals surface area contributed by atoms with Crippen LogP contribution in [0.15, 0.2) is 243 Å². The van der Waals surface area contributed by atoms with Crippen LogP contribution in [0.2, 0.25) is 0 Å². The predicted molar refractivity (Wildman–Crippen MR) is 436 cm³/mol. The number of aromatic hydroxyl groups is 5. The second kappa shape index (κ2) is 43.5. The summed E-state index contributed by atoms with van der Waals surface area (Å²) >= 11 is 4.87. The topological polar surface area (TPSA) is 482 Å². The average molecular weight is 1680 g/mol. The molecular weight excluding hydrogens is 1600 g/mol. The Labute approximate surface area is 694 Å². The number of fused-ring (bicyclic) bond motifs is 2. The third-order valence-corrected chi connectivity index (χ3v) is 14.7. The van der Waals surface area contributed by atoms with Gasteiger partial charge in [-0.3, -0.25) is 4.79 Å². The molecule has 0 heterocycles. The van der Waals surface area contributed by atoms with Crippen molar-refractivity contribution in [2.45, 2.75) is 69.2 Å². The molecule has 0 amide bonds. The molecule has 0 bridgehead atoms. The molecule has 8 aromatic carbocycles. The van der Waals surface area contributed by atoms with Crippen molar-refractivity contribution in [3.8, 4) is 92.0 Å². The highest BCUT2D eigenvalue weighted by Crippen LogP contribution is 2.44. The van der Waals surface area contributed by atoms with E-state index >= 15 is 0 Å². The Morgan fingerprint density at radius 2 is 0.455 bits per heavy atom. The molecule has 0 saturated carbocycles. The lowest BCUT2D eigenvalue weighted by molar-refractivity contribution is -0.133. The highest BCUT2D eigenvalue weighted by molar-refractivity contribution is 6.67. The normalized spacial score (nSPS) is 9.98. The molecule has 0 unspecified atom stereocenters. The van der Waals surface area contributed by atoms with E-state index in [1.54, 1.807) is 43.3 Å². The number of rotatable bonds is 25. The highest BCUT2D eigenvalue weighted by Gasteiger charge is 2.30. The zero-order valence-electron chi connectivity index (χ0n) is 66.3. The van der Waals surface area contributed by atoms with Gasteiger partial charge in [-0.2, -0.15) is 0 Å². The number of carboxylic acids is 2. The number of phenolic OH excluding ortho intramolecular Hbond substituents is 5. The summed E-state index contributed by atoms with van der Waals surface area (Å²) in [5.41, 5.74) is -1.17. The monoisotopic (exact) mass is 1680 g/mol. The van der Waals surface area contributed by atoms with Crippen molar-refractivity contribution in [2.75, 3.05) is 0 Å². The van der Waals surface area contributed by atoms with Gasteiger partial charge in [-0.05, 0) is 199 Å². The summed E-state index contributed by atoms with van der Waals surface area (Å²) in [6, 6.07) is 26.6. The van der Waals surface area contributed by atoms with Crippen molar-refractivity contribution in [2.24, 2.45) is 0 Å². The van der Waals surface area contributed by atoms with E-state index in [0.717, 1.165) is 59.3 Å². The van der Waals surface area contributed by atoms with Gasteiger partial charge in [-0.15, -0.1) is 0 Å². The maximum Gasteiger partial charge on any atom is 0.343 e. The molecule has 8 rings (SSSR count). The van der Waals surface area contributed by atoms with Crippen LogP contribution in [0.25, 0.3) is 21.5 Å². The Morgan fingerprint density at radius 3 is 0.669 bits per heavy atom. The predicted octanol–water partition coefficient (Wildman–Crippen LogP) is 15.1. The van der Waals surface area contributed by atoms with Crippen molar-refractivity contribution in [1.82, 2.24) is 0 Å². The first kappa shape index (κ1) is 97.1. The van der Waals surface area contributed by atoms with Gasteiger partial charge in [0.25, 0.3) is 0 Å². The number of benzene rings is 8. The number of carbonyl (C=O) groups excluding carboxylic acids is 12. The summed E-state index contributed by atoms with van der Waals surface area (Å²) in [7, 11) is 0. The van der Waals surface area contributed by atoms with Crippen LogP contribution in [0.4, 0.5) is 0 Å². The van der Waals surface area contributed by atoms with E-state index in [0.29, 0.717) is 16.3 Å². The zero-order valence-corrected chi connectivity index (χ0v) is 67.1. The van der Waals surface area contributed by atoms with Crippen LogP contribution in [-0.4, -0.2) is 119 Å². The fourth-order valence-electron chi connectivity index (χ4n) is 8.12. The van der Waals surface area contributed by atoms with E-state index < -0.39 is 152 Å². The number of hydrogen-bond donors (Lipinski definition) is 7. The smallest absolute Gasteiger partial charge is 0.343 e. The Morgan fingerprint density at radius 1 is 0.256 bits per heavy atom. The van der Waals surface area contributed by atoms with Crippen LogP contribution >= 0.6 is 11.6 Å². The third kappa shape index (κ3) is 29.2. The number of hydrogen-bond acceptors (Lipinski definition) is 30. The van der Waals surface area contributed by atoms with Gasteiger partial charge in [0.1, 0.15) is 23.0 Å². The van der Waals surface area contributed by atoms with Crippen molar-refractivity contribution < 1.29 is 155 Å². The first-order valence-electron chi connectivity index (χ1n) is 34.2. The zero-order chi connectivity index (χ0) is 91.6. The molecule has 0 atom stereocenters. The van der Waals surface area contributed by atoms with Gasteiger partial charge in [-0.25, -0.2) is 62.3 Å². The molecule has 0 aliphatic rings. The van der Waals surface area contributed by atoms with Crippen molar-refractivity contribution in [3.05, 3.63) is 265 Å². The molecular formula is C88H77ClO32. The number of phenols is 5. The number of ether oxygens (including phenoxy) is 11. The lowest BCUT2D eigenvalue weighted by Gasteiger charge is -2.16. The number of carbonyl (C=O) groups is 14. The molecule has 121 heavy (non-hydrogen) atoms. The van der Waals surface area contributed by atoms with Crippen LogP contribution in [0.3, 0.4) is 0 Å². The lowest BCUT2D eigenvalue weighted by atomic mass is 10.1. The maximum absolute atomic E-state index is 13.6. The molecule has 0 spiro atoms. The molecule has 0 saturated heterocycles. The molecule has 32 nitrogen and oxygen atoms in total. The maximum atomic E-state index is 13.6. The van der Waals surface area contributed by atoms with Gasteiger partial charge >= 0.3 is 77.6 Å². The van der Waals surface area contributed by atoms with E-state index in [2.05, 4.69) is 65.8 Å². The van der Waals surface area contributed by atoms with E-state index in [4.69, 9.17) is 94.3 Å². The molecule has 7 N–H and O–H groups in total. The van der Waals surface area contributed by atoms with Crippen molar-refractivity contribution >= 4 is 116 Å². The van der Waals surface area contributed by atoms with Gasteiger partial charge < -0.3 is 87.9 Å². The van der Waals surface area contributed by atoms with Gasteiger partial charge in [0.05, 0.1) is 22.3 Å². The first-order valence-corrected chi connectivity index (χ1v) is 34.6. The molecule has 0 aliphatic heterocycles. The molecule has 33 heteroatoms. The highest BCUT2D eigenvalue weighted by atomic mass is 35.5. The standard InChI is InChI=1S/C48H40O16.C19H18O8.C10H8O2.C7H6O5.C4H5ClO/c1-23(2)41(49)59-35-19-31(20-36(60-42(50)24(3)4)39(35)63-45(53)27(9)10)47(55)57-33-15-13-30-18-34(16-14-29(30)17-33)58-48(56)32-21-37(61-43(51)25(5)6)40(64-46(54)28(11)12)38(22-32)62-44(52)26(7)8;1-9(2)17(22)25-13-7-12(16(20)21)8-14(26-18(23)10(3)4)15(13)27-19(24)11(5)6;11-9-3-1-7-5-10(12)4-2-8(7)6-9;8-4-1-3(7(11)12)2-5(9)6(4)10;1-3(2)4(5)6/h13-22H,1,3,5,7,9,11H2,2,4,6,8,10,12H3;7-8H,1,3,5H2,2,4,6H3,(H,20,21);1-6,11-12H;1-2,8-10H,(H,11,12);1H2,2H3. The number of esters is 11. The van der Waals surface area contributed by atoms with E-state index in [9.17, 15) is 72.2 Å². The van der Waals surface area contributed by atoms with Gasteiger partial charge in [0, 0.05) is 55.7 Å². The SMILES string of the molecule is C=C(C)C(=O)Cl.C=C(C)C(=O)Oc1cc(C(=O)O)cc(OC(=O)C(=C)C)c1OC(=O)C(=C)C.C=C(C)C(=O)Oc1cc(C(=O)Oc2ccc3cc(OC(=O)c4cc(OC(=O)C(=C)C)c(OC(=O)C(=C)C)c(OC(=O)C(=C)C)c4)ccc3c2)cc(OC(=O)C(=C)C)c1OC(=O)C(=C)C.O=C(O)c1cc(O)c(O)c(O)c1.Oc1ccc2cc(O)ccc2c1. The summed E-state index contributed by atoms with van der Waals surface area (Å²) in [4.78, 5) is 170. The van der Waals surface area contributed by atoms with Crippen LogP contribution in [0.5, 0.6) is 92.0 Å². The molecule has 0 aliphatic carbocycles. The summed E-state index contributed by atoms with van der Waals surface area (Å²) < 4.78 is 58.5. The number of allylic oxidation sites excluding steroid dienone is 1. The van der Waals surface area contributed by atoms with Gasteiger partial charge in [0.2, 0.25) is 22.5 Å².